The Hall–Kier alpha value is -1.85. The minimum absolute atomic E-state index is 0.299. The molecule has 1 saturated heterocycles. The fraction of sp³-hybridized carbons (Fsp3) is 0.750. The number of unbranched alkanes of at least 4 members (excludes halogenated alkanes) is 1. The van der Waals surface area contributed by atoms with Gasteiger partial charge in [0.25, 0.3) is 0 Å². The molecule has 1 aliphatic heterocycles. The van der Waals surface area contributed by atoms with Crippen LogP contribution in [-0.2, 0) is 4.79 Å². The Morgan fingerprint density at radius 1 is 1.27 bits per heavy atom. The third-order valence-corrected chi connectivity index (χ3v) is 5.56. The van der Waals surface area contributed by atoms with Crippen molar-refractivity contribution in [2.45, 2.75) is 64.3 Å². The zero-order valence-electron chi connectivity index (χ0n) is 16.3. The summed E-state index contributed by atoms with van der Waals surface area (Å²) in [6, 6.07) is 2.68. The molecule has 2 fully saturated rings. The number of nitrogens with zero attached hydrogens (tertiary/aromatic N) is 4. The van der Waals surface area contributed by atoms with Crippen molar-refractivity contribution in [3.63, 3.8) is 0 Å². The predicted molar refractivity (Wildman–Crippen MR) is 105 cm³/mol. The zero-order chi connectivity index (χ0) is 18.4. The molecule has 0 atom stereocenters. The summed E-state index contributed by atoms with van der Waals surface area (Å²) in [5.74, 6) is 2.92. The molecule has 26 heavy (non-hydrogen) atoms. The summed E-state index contributed by atoms with van der Waals surface area (Å²) in [6.07, 6.45) is 10.4. The Morgan fingerprint density at radius 2 is 2.04 bits per heavy atom. The van der Waals surface area contributed by atoms with E-state index in [9.17, 15) is 4.79 Å². The van der Waals surface area contributed by atoms with Gasteiger partial charge in [0.2, 0.25) is 5.91 Å². The fourth-order valence-corrected chi connectivity index (χ4v) is 3.52. The molecule has 0 spiro atoms. The van der Waals surface area contributed by atoms with E-state index in [-0.39, 0.29) is 0 Å². The third kappa shape index (κ3) is 5.58. The van der Waals surface area contributed by atoms with Gasteiger partial charge in [-0.05, 0) is 44.4 Å². The minimum Gasteiger partial charge on any atom is -0.367 e. The van der Waals surface area contributed by atoms with Crippen LogP contribution in [0.4, 0.5) is 11.6 Å². The zero-order valence-corrected chi connectivity index (χ0v) is 16.3. The molecule has 0 unspecified atom stereocenters. The van der Waals surface area contributed by atoms with Crippen LogP contribution in [0, 0.1) is 5.92 Å². The summed E-state index contributed by atoms with van der Waals surface area (Å²) in [5.41, 5.74) is 0. The lowest BCUT2D eigenvalue weighted by Crippen LogP contribution is -2.35. The number of hydrogen-bond donors (Lipinski definition) is 1. The van der Waals surface area contributed by atoms with Gasteiger partial charge in [-0.1, -0.05) is 13.3 Å². The average Bonchev–Trinajstić information content (AvgIpc) is 3.48. The monoisotopic (exact) mass is 359 g/mol. The molecule has 1 amide bonds. The van der Waals surface area contributed by atoms with E-state index in [0.29, 0.717) is 24.3 Å². The number of carbonyl (C=O) groups excluding carboxylic acids is 1. The van der Waals surface area contributed by atoms with Crippen LogP contribution in [0.15, 0.2) is 12.4 Å². The molecular weight excluding hydrogens is 326 g/mol. The Kier molecular flexibility index (Phi) is 6.69. The van der Waals surface area contributed by atoms with Gasteiger partial charge in [-0.2, -0.15) is 0 Å². The summed E-state index contributed by atoms with van der Waals surface area (Å²) in [6.45, 7) is 5.09. The standard InChI is InChI=1S/C20H33N5O/c1-3-4-11-24(2)20(26)8-5-16-9-12-25(13-10-16)19-14-18(21-15-22-19)23-17-6-7-17/h14-17H,3-13H2,1-2H3,(H,21,22,23). The van der Waals surface area contributed by atoms with E-state index in [0.717, 1.165) is 63.4 Å². The lowest BCUT2D eigenvalue weighted by Gasteiger charge is -2.33. The number of hydrogen-bond acceptors (Lipinski definition) is 5. The van der Waals surface area contributed by atoms with Crippen LogP contribution in [0.3, 0.4) is 0 Å². The van der Waals surface area contributed by atoms with E-state index in [2.05, 4.69) is 33.2 Å². The maximum Gasteiger partial charge on any atom is 0.222 e. The molecule has 1 aromatic heterocycles. The molecule has 1 aromatic rings. The molecule has 0 radical (unpaired) electrons. The molecule has 1 aliphatic carbocycles. The van der Waals surface area contributed by atoms with E-state index in [1.54, 1.807) is 6.33 Å². The summed E-state index contributed by atoms with van der Waals surface area (Å²) in [7, 11) is 1.93. The summed E-state index contributed by atoms with van der Waals surface area (Å²) in [5, 5.41) is 3.44. The lowest BCUT2D eigenvalue weighted by atomic mass is 9.92. The molecule has 6 heteroatoms. The van der Waals surface area contributed by atoms with Gasteiger partial charge in [-0.15, -0.1) is 0 Å². The van der Waals surface area contributed by atoms with Gasteiger partial charge >= 0.3 is 0 Å². The third-order valence-electron chi connectivity index (χ3n) is 5.56. The highest BCUT2D eigenvalue weighted by molar-refractivity contribution is 5.75. The van der Waals surface area contributed by atoms with Gasteiger partial charge in [-0.3, -0.25) is 4.79 Å². The molecule has 144 valence electrons. The molecule has 0 bridgehead atoms. The van der Waals surface area contributed by atoms with Crippen molar-refractivity contribution < 1.29 is 4.79 Å². The molecular formula is C20H33N5O. The first kappa shape index (κ1) is 18.9. The minimum atomic E-state index is 0.299. The number of piperidine rings is 1. The van der Waals surface area contributed by atoms with Crippen molar-refractivity contribution in [1.82, 2.24) is 14.9 Å². The molecule has 2 aliphatic rings. The second-order valence-electron chi connectivity index (χ2n) is 7.82. The van der Waals surface area contributed by atoms with E-state index >= 15 is 0 Å². The molecule has 1 N–H and O–H groups in total. The van der Waals surface area contributed by atoms with Crippen molar-refractivity contribution in [1.29, 1.82) is 0 Å². The van der Waals surface area contributed by atoms with Crippen molar-refractivity contribution in [3.8, 4) is 0 Å². The fourth-order valence-electron chi connectivity index (χ4n) is 3.52. The molecule has 6 nitrogen and oxygen atoms in total. The van der Waals surface area contributed by atoms with E-state index < -0.39 is 0 Å². The van der Waals surface area contributed by atoms with Crippen molar-refractivity contribution in [2.24, 2.45) is 5.92 Å². The molecule has 1 saturated carbocycles. The summed E-state index contributed by atoms with van der Waals surface area (Å²) >= 11 is 0. The van der Waals surface area contributed by atoms with E-state index in [1.165, 1.54) is 12.8 Å². The molecule has 2 heterocycles. The Labute approximate surface area is 157 Å². The van der Waals surface area contributed by atoms with Crippen molar-refractivity contribution in [2.75, 3.05) is 36.9 Å². The van der Waals surface area contributed by atoms with Crippen LogP contribution in [0.25, 0.3) is 0 Å². The van der Waals surface area contributed by atoms with Crippen LogP contribution < -0.4 is 10.2 Å². The van der Waals surface area contributed by atoms with Crippen LogP contribution >= 0.6 is 0 Å². The van der Waals surface area contributed by atoms with Gasteiger partial charge in [0.15, 0.2) is 0 Å². The normalized spacial score (nSPS) is 18.0. The summed E-state index contributed by atoms with van der Waals surface area (Å²) < 4.78 is 0. The highest BCUT2D eigenvalue weighted by Crippen LogP contribution is 2.28. The largest absolute Gasteiger partial charge is 0.367 e. The highest BCUT2D eigenvalue weighted by atomic mass is 16.2. The van der Waals surface area contributed by atoms with E-state index in [1.807, 2.05) is 11.9 Å². The number of anilines is 2. The lowest BCUT2D eigenvalue weighted by molar-refractivity contribution is -0.130. The first-order chi connectivity index (χ1) is 12.7. The SMILES string of the molecule is CCCCN(C)C(=O)CCC1CCN(c2cc(NC3CC3)ncn2)CC1. The number of aromatic nitrogens is 2. The van der Waals surface area contributed by atoms with Crippen LogP contribution in [0.1, 0.15) is 58.3 Å². The first-order valence-corrected chi connectivity index (χ1v) is 10.2. The average molecular weight is 360 g/mol. The number of carbonyl (C=O) groups is 1. The van der Waals surface area contributed by atoms with Crippen LogP contribution in [0.5, 0.6) is 0 Å². The Balaban J connectivity index is 1.40. The van der Waals surface area contributed by atoms with Gasteiger partial charge in [0.05, 0.1) is 0 Å². The van der Waals surface area contributed by atoms with Crippen LogP contribution in [0.2, 0.25) is 0 Å². The second-order valence-corrected chi connectivity index (χ2v) is 7.82. The quantitative estimate of drug-likeness (QED) is 0.733. The topological polar surface area (TPSA) is 61.4 Å². The van der Waals surface area contributed by atoms with Gasteiger partial charge in [0, 0.05) is 45.2 Å². The summed E-state index contributed by atoms with van der Waals surface area (Å²) in [4.78, 5) is 25.2. The Bertz CT molecular complexity index is 581. The number of amides is 1. The maximum atomic E-state index is 12.2. The number of rotatable bonds is 9. The maximum absolute atomic E-state index is 12.2. The van der Waals surface area contributed by atoms with Gasteiger partial charge in [0.1, 0.15) is 18.0 Å². The van der Waals surface area contributed by atoms with Crippen molar-refractivity contribution in [3.05, 3.63) is 12.4 Å². The number of nitrogens with one attached hydrogen (secondary N) is 1. The van der Waals surface area contributed by atoms with Gasteiger partial charge in [-0.25, -0.2) is 9.97 Å². The smallest absolute Gasteiger partial charge is 0.222 e. The van der Waals surface area contributed by atoms with Gasteiger partial charge < -0.3 is 15.1 Å². The highest BCUT2D eigenvalue weighted by Gasteiger charge is 2.24. The van der Waals surface area contributed by atoms with E-state index in [4.69, 9.17) is 0 Å². The first-order valence-electron chi connectivity index (χ1n) is 10.2. The molecule has 0 aromatic carbocycles. The molecule has 3 rings (SSSR count). The van der Waals surface area contributed by atoms with Crippen LogP contribution in [-0.4, -0.2) is 53.5 Å². The second kappa shape index (κ2) is 9.19. The van der Waals surface area contributed by atoms with Crippen molar-refractivity contribution >= 4 is 17.5 Å². The Morgan fingerprint density at radius 3 is 2.73 bits per heavy atom. The predicted octanol–water partition coefficient (Wildman–Crippen LogP) is 3.31.